The first-order chi connectivity index (χ1) is 4.16. The van der Waals surface area contributed by atoms with Gasteiger partial charge in [-0.15, -0.1) is 0 Å². The molecule has 1 atom stereocenters. The van der Waals surface area contributed by atoms with Gasteiger partial charge in [0.15, 0.2) is 0 Å². The summed E-state index contributed by atoms with van der Waals surface area (Å²) >= 11 is 0. The van der Waals surface area contributed by atoms with E-state index in [4.69, 9.17) is 11.0 Å². The number of carboxylic acid groups (broad SMARTS) is 1. The van der Waals surface area contributed by atoms with Crippen LogP contribution in [-0.2, 0) is 9.63 Å². The first-order valence-electron chi connectivity index (χ1n) is 2.74. The Morgan fingerprint density at radius 1 is 1.89 bits per heavy atom. The highest BCUT2D eigenvalue weighted by molar-refractivity contribution is 5.66. The van der Waals surface area contributed by atoms with Crippen molar-refractivity contribution < 1.29 is 14.7 Å². The van der Waals surface area contributed by atoms with E-state index in [9.17, 15) is 4.79 Å². The predicted octanol–water partition coefficient (Wildman–Crippen LogP) is 0.130. The van der Waals surface area contributed by atoms with Crippen LogP contribution >= 0.6 is 0 Å². The summed E-state index contributed by atoms with van der Waals surface area (Å²) in [5.74, 6) is 3.94. The lowest BCUT2D eigenvalue weighted by Gasteiger charge is -2.04. The van der Waals surface area contributed by atoms with Crippen LogP contribution in [0.4, 0.5) is 0 Å². The molecule has 4 nitrogen and oxygen atoms in total. The van der Waals surface area contributed by atoms with E-state index < -0.39 is 5.97 Å². The van der Waals surface area contributed by atoms with Gasteiger partial charge in [-0.2, -0.15) is 0 Å². The van der Waals surface area contributed by atoms with Crippen molar-refractivity contribution in [1.29, 1.82) is 0 Å². The standard InChI is InChI=1S/C5H11NO3/c1-4(9-6)2-3-5(7)8/h4H,2-3,6H2,1H3,(H,7,8). The average Bonchev–Trinajstić information content (AvgIpc) is 1.83. The van der Waals surface area contributed by atoms with E-state index in [0.717, 1.165) is 0 Å². The quantitative estimate of drug-likeness (QED) is 0.534. The van der Waals surface area contributed by atoms with Crippen LogP contribution in [-0.4, -0.2) is 17.2 Å². The lowest BCUT2D eigenvalue weighted by Crippen LogP contribution is -2.14. The summed E-state index contributed by atoms with van der Waals surface area (Å²) in [4.78, 5) is 14.3. The highest BCUT2D eigenvalue weighted by atomic mass is 16.6. The monoisotopic (exact) mass is 133 g/mol. The number of hydrogen-bond acceptors (Lipinski definition) is 3. The molecule has 1 unspecified atom stereocenters. The third-order valence-corrected chi connectivity index (χ3v) is 0.997. The molecule has 0 amide bonds. The number of aliphatic carboxylic acids is 1. The maximum Gasteiger partial charge on any atom is 0.303 e. The van der Waals surface area contributed by atoms with Gasteiger partial charge in [0, 0.05) is 6.42 Å². The molecule has 0 aromatic heterocycles. The zero-order valence-corrected chi connectivity index (χ0v) is 5.33. The van der Waals surface area contributed by atoms with Gasteiger partial charge in [0.2, 0.25) is 0 Å². The average molecular weight is 133 g/mol. The SMILES string of the molecule is CC(CCC(=O)O)ON. The Kier molecular flexibility index (Phi) is 4.00. The van der Waals surface area contributed by atoms with Gasteiger partial charge in [-0.3, -0.25) is 4.79 Å². The van der Waals surface area contributed by atoms with Gasteiger partial charge in [-0.25, -0.2) is 5.90 Å². The molecule has 0 saturated carbocycles. The van der Waals surface area contributed by atoms with Gasteiger partial charge in [-0.1, -0.05) is 0 Å². The van der Waals surface area contributed by atoms with Crippen molar-refractivity contribution in [2.45, 2.75) is 25.9 Å². The smallest absolute Gasteiger partial charge is 0.303 e. The van der Waals surface area contributed by atoms with E-state index >= 15 is 0 Å². The summed E-state index contributed by atoms with van der Waals surface area (Å²) in [5.41, 5.74) is 0. The van der Waals surface area contributed by atoms with Gasteiger partial charge in [0.1, 0.15) is 0 Å². The number of nitrogens with two attached hydrogens (primary N) is 1. The second-order valence-electron chi connectivity index (χ2n) is 1.88. The van der Waals surface area contributed by atoms with E-state index in [1.807, 2.05) is 0 Å². The lowest BCUT2D eigenvalue weighted by molar-refractivity contribution is -0.137. The lowest BCUT2D eigenvalue weighted by atomic mass is 10.2. The van der Waals surface area contributed by atoms with Gasteiger partial charge < -0.3 is 9.94 Å². The molecule has 0 aliphatic rings. The van der Waals surface area contributed by atoms with E-state index in [1.54, 1.807) is 6.92 Å². The molecule has 0 rings (SSSR count). The fraction of sp³-hybridized carbons (Fsp3) is 0.800. The van der Waals surface area contributed by atoms with E-state index in [2.05, 4.69) is 4.84 Å². The van der Waals surface area contributed by atoms with Crippen LogP contribution in [0.1, 0.15) is 19.8 Å². The second kappa shape index (κ2) is 4.29. The van der Waals surface area contributed by atoms with Crippen LogP contribution in [0.5, 0.6) is 0 Å². The molecule has 0 aromatic rings. The molecule has 0 aliphatic heterocycles. The Morgan fingerprint density at radius 3 is 2.78 bits per heavy atom. The zero-order chi connectivity index (χ0) is 7.28. The van der Waals surface area contributed by atoms with Crippen LogP contribution < -0.4 is 5.90 Å². The molecule has 54 valence electrons. The summed E-state index contributed by atoms with van der Waals surface area (Å²) < 4.78 is 0. The topological polar surface area (TPSA) is 72.5 Å². The molecule has 0 fully saturated rings. The van der Waals surface area contributed by atoms with Crippen molar-refractivity contribution >= 4 is 5.97 Å². The highest BCUT2D eigenvalue weighted by Gasteiger charge is 2.02. The number of hydrogen-bond donors (Lipinski definition) is 2. The third kappa shape index (κ3) is 5.26. The maximum absolute atomic E-state index is 9.92. The summed E-state index contributed by atoms with van der Waals surface area (Å²) in [7, 11) is 0. The summed E-state index contributed by atoms with van der Waals surface area (Å²) in [6.45, 7) is 1.73. The molecular weight excluding hydrogens is 122 g/mol. The van der Waals surface area contributed by atoms with Crippen LogP contribution in [0.25, 0.3) is 0 Å². The third-order valence-electron chi connectivity index (χ3n) is 0.997. The Bertz CT molecular complexity index is 94.2. The predicted molar refractivity (Wildman–Crippen MR) is 31.6 cm³/mol. The highest BCUT2D eigenvalue weighted by Crippen LogP contribution is 1.97. The van der Waals surface area contributed by atoms with Crippen molar-refractivity contribution in [2.75, 3.05) is 0 Å². The van der Waals surface area contributed by atoms with Gasteiger partial charge in [-0.05, 0) is 13.3 Å². The van der Waals surface area contributed by atoms with Crippen LogP contribution in [0.3, 0.4) is 0 Å². The molecule has 4 heteroatoms. The first kappa shape index (κ1) is 8.39. The van der Waals surface area contributed by atoms with Crippen LogP contribution in [0.15, 0.2) is 0 Å². The fourth-order valence-electron chi connectivity index (χ4n) is 0.395. The fourth-order valence-corrected chi connectivity index (χ4v) is 0.395. The van der Waals surface area contributed by atoms with Crippen LogP contribution in [0.2, 0.25) is 0 Å². The minimum absolute atomic E-state index is 0.109. The van der Waals surface area contributed by atoms with Crippen molar-refractivity contribution in [1.82, 2.24) is 0 Å². The number of rotatable bonds is 4. The number of carbonyl (C=O) groups is 1. The largest absolute Gasteiger partial charge is 0.481 e. The molecule has 3 N–H and O–H groups in total. The van der Waals surface area contributed by atoms with Gasteiger partial charge in [0.25, 0.3) is 0 Å². The Hall–Kier alpha value is -0.610. The molecule has 0 aliphatic carbocycles. The number of carboxylic acids is 1. The van der Waals surface area contributed by atoms with Crippen molar-refractivity contribution in [2.24, 2.45) is 5.90 Å². The molecule has 0 saturated heterocycles. The molecule has 0 aromatic carbocycles. The minimum atomic E-state index is -0.820. The molecular formula is C5H11NO3. The summed E-state index contributed by atoms with van der Waals surface area (Å²) in [5, 5.41) is 8.16. The van der Waals surface area contributed by atoms with Crippen LogP contribution in [0, 0.1) is 0 Å². The minimum Gasteiger partial charge on any atom is -0.481 e. The molecule has 0 radical (unpaired) electrons. The Labute approximate surface area is 53.6 Å². The summed E-state index contributed by atoms with van der Waals surface area (Å²) in [6.07, 6.45) is 0.408. The van der Waals surface area contributed by atoms with Crippen molar-refractivity contribution in [3.05, 3.63) is 0 Å². The Morgan fingerprint density at radius 2 is 2.44 bits per heavy atom. The van der Waals surface area contributed by atoms with E-state index in [1.165, 1.54) is 0 Å². The maximum atomic E-state index is 9.92. The van der Waals surface area contributed by atoms with Gasteiger partial charge >= 0.3 is 5.97 Å². The zero-order valence-electron chi connectivity index (χ0n) is 5.33. The molecule has 9 heavy (non-hydrogen) atoms. The van der Waals surface area contributed by atoms with E-state index in [-0.39, 0.29) is 12.5 Å². The molecule has 0 heterocycles. The van der Waals surface area contributed by atoms with Gasteiger partial charge in [0.05, 0.1) is 6.10 Å². The molecule has 0 bridgehead atoms. The molecule has 0 spiro atoms. The van der Waals surface area contributed by atoms with E-state index in [0.29, 0.717) is 6.42 Å². The normalized spacial score (nSPS) is 13.1. The summed E-state index contributed by atoms with van der Waals surface area (Å²) in [6, 6.07) is 0. The Balaban J connectivity index is 3.16. The first-order valence-corrected chi connectivity index (χ1v) is 2.74. The second-order valence-corrected chi connectivity index (χ2v) is 1.88. The van der Waals surface area contributed by atoms with Crippen molar-refractivity contribution in [3.8, 4) is 0 Å². The van der Waals surface area contributed by atoms with Crippen molar-refractivity contribution in [3.63, 3.8) is 0 Å².